The van der Waals surface area contributed by atoms with Crippen LogP contribution >= 0.6 is 0 Å². The number of hydrogen-bond donors (Lipinski definition) is 1. The molecule has 4 aromatic rings. The number of aromatic nitrogens is 4. The van der Waals surface area contributed by atoms with E-state index < -0.39 is 0 Å². The van der Waals surface area contributed by atoms with Gasteiger partial charge in [-0.1, -0.05) is 41.5 Å². The van der Waals surface area contributed by atoms with Gasteiger partial charge in [-0.15, -0.1) is 5.10 Å². The largest absolute Gasteiger partial charge is 0.459 e. The van der Waals surface area contributed by atoms with E-state index in [1.807, 2.05) is 60.8 Å². The molecule has 0 atom stereocenters. The van der Waals surface area contributed by atoms with Gasteiger partial charge < -0.3 is 19.2 Å². The normalized spacial score (nSPS) is 12.5. The molecule has 0 saturated carbocycles. The Morgan fingerprint density at radius 3 is 2.64 bits per heavy atom. The molecule has 0 bridgehead atoms. The molecule has 1 N–H and O–H groups in total. The molecule has 33 heavy (non-hydrogen) atoms. The first-order chi connectivity index (χ1) is 16.4. The SMILES string of the molecule is C1=C(N(Cc2ccccc2)c2nnc(-c3cccnc3NCCc3cccnc3)o2)OCO1. The van der Waals surface area contributed by atoms with Crippen LogP contribution in [0.5, 0.6) is 0 Å². The molecule has 0 fully saturated rings. The van der Waals surface area contributed by atoms with Crippen molar-refractivity contribution in [3.63, 3.8) is 0 Å². The van der Waals surface area contributed by atoms with E-state index in [0.717, 1.165) is 23.1 Å². The standard InChI is InChI=1S/C24H22N6O3/c1-2-6-19(7-3-1)15-30(21-16-31-17-32-21)24-29-28-23(33-24)20-9-5-12-26-22(20)27-13-10-18-8-4-11-25-14-18/h1-9,11-12,14,16H,10,13,15,17H2,(H,26,27). The van der Waals surface area contributed by atoms with E-state index in [0.29, 0.717) is 36.7 Å². The molecule has 0 unspecified atom stereocenters. The number of hydrogen-bond acceptors (Lipinski definition) is 9. The molecule has 9 nitrogen and oxygen atoms in total. The van der Waals surface area contributed by atoms with E-state index in [9.17, 15) is 0 Å². The molecule has 0 radical (unpaired) electrons. The van der Waals surface area contributed by atoms with Crippen molar-refractivity contribution in [3.8, 4) is 11.5 Å². The van der Waals surface area contributed by atoms with Gasteiger partial charge in [0, 0.05) is 25.1 Å². The first-order valence-corrected chi connectivity index (χ1v) is 10.5. The molecule has 0 saturated heterocycles. The lowest BCUT2D eigenvalue weighted by atomic mass is 10.2. The average Bonchev–Trinajstić information content (AvgIpc) is 3.57. The summed E-state index contributed by atoms with van der Waals surface area (Å²) in [5.74, 6) is 1.54. The van der Waals surface area contributed by atoms with Gasteiger partial charge in [-0.05, 0) is 35.7 Å². The first kappa shape index (κ1) is 20.5. The summed E-state index contributed by atoms with van der Waals surface area (Å²) >= 11 is 0. The highest BCUT2D eigenvalue weighted by Crippen LogP contribution is 2.30. The second-order valence-electron chi connectivity index (χ2n) is 7.28. The summed E-state index contributed by atoms with van der Waals surface area (Å²) in [5, 5.41) is 11.9. The van der Waals surface area contributed by atoms with E-state index in [2.05, 4.69) is 25.5 Å². The van der Waals surface area contributed by atoms with Crippen LogP contribution in [0.3, 0.4) is 0 Å². The molecular formula is C24H22N6O3. The zero-order valence-corrected chi connectivity index (χ0v) is 17.8. The molecule has 1 aliphatic heterocycles. The minimum absolute atomic E-state index is 0.148. The Morgan fingerprint density at radius 2 is 1.82 bits per heavy atom. The van der Waals surface area contributed by atoms with Crippen molar-refractivity contribution in [2.24, 2.45) is 0 Å². The average molecular weight is 442 g/mol. The molecule has 0 amide bonds. The molecular weight excluding hydrogens is 420 g/mol. The first-order valence-electron chi connectivity index (χ1n) is 10.5. The fourth-order valence-corrected chi connectivity index (χ4v) is 3.40. The Kier molecular flexibility index (Phi) is 6.10. The minimum Gasteiger partial charge on any atom is -0.459 e. The molecule has 0 aliphatic carbocycles. The highest BCUT2D eigenvalue weighted by atomic mass is 16.7. The van der Waals surface area contributed by atoms with Crippen molar-refractivity contribution in [2.75, 3.05) is 23.6 Å². The van der Waals surface area contributed by atoms with Crippen LogP contribution in [0.1, 0.15) is 11.1 Å². The predicted octanol–water partition coefficient (Wildman–Crippen LogP) is 3.99. The van der Waals surface area contributed by atoms with Crippen LogP contribution in [0.25, 0.3) is 11.5 Å². The second kappa shape index (κ2) is 9.82. The Bertz CT molecular complexity index is 1210. The van der Waals surface area contributed by atoms with E-state index in [1.54, 1.807) is 23.6 Å². The van der Waals surface area contributed by atoms with E-state index in [4.69, 9.17) is 13.9 Å². The predicted molar refractivity (Wildman–Crippen MR) is 122 cm³/mol. The lowest BCUT2D eigenvalue weighted by Gasteiger charge is -2.19. The van der Waals surface area contributed by atoms with Crippen LogP contribution in [-0.2, 0) is 22.4 Å². The van der Waals surface area contributed by atoms with Crippen LogP contribution in [0.15, 0.2) is 89.8 Å². The summed E-state index contributed by atoms with van der Waals surface area (Å²) in [6.45, 7) is 1.32. The summed E-state index contributed by atoms with van der Waals surface area (Å²) < 4.78 is 16.9. The molecule has 166 valence electrons. The van der Waals surface area contributed by atoms with Gasteiger partial charge >= 0.3 is 6.01 Å². The molecule has 1 aliphatic rings. The Labute approximate surface area is 190 Å². The van der Waals surface area contributed by atoms with Crippen LogP contribution in [-0.4, -0.2) is 33.5 Å². The van der Waals surface area contributed by atoms with Crippen molar-refractivity contribution < 1.29 is 13.9 Å². The van der Waals surface area contributed by atoms with Gasteiger partial charge in [0.05, 0.1) is 12.1 Å². The summed E-state index contributed by atoms with van der Waals surface area (Å²) in [6.07, 6.45) is 7.71. The fraction of sp³-hybridized carbons (Fsp3) is 0.167. The number of ether oxygens (including phenoxy) is 2. The molecule has 9 heteroatoms. The summed E-state index contributed by atoms with van der Waals surface area (Å²) in [4.78, 5) is 10.4. The monoisotopic (exact) mass is 442 g/mol. The lowest BCUT2D eigenvalue weighted by molar-refractivity contribution is 0.0776. The second-order valence-corrected chi connectivity index (χ2v) is 7.28. The molecule has 4 heterocycles. The third-order valence-corrected chi connectivity index (χ3v) is 5.02. The molecule has 1 aromatic carbocycles. The maximum absolute atomic E-state index is 6.06. The van der Waals surface area contributed by atoms with E-state index in [1.165, 1.54) is 0 Å². The minimum atomic E-state index is 0.148. The Balaban J connectivity index is 1.36. The van der Waals surface area contributed by atoms with Crippen molar-refractivity contribution >= 4 is 11.8 Å². The highest BCUT2D eigenvalue weighted by Gasteiger charge is 2.24. The number of benzene rings is 1. The van der Waals surface area contributed by atoms with Crippen LogP contribution in [0.4, 0.5) is 11.8 Å². The van der Waals surface area contributed by atoms with Crippen LogP contribution in [0, 0.1) is 0 Å². The third-order valence-electron chi connectivity index (χ3n) is 5.02. The smallest absolute Gasteiger partial charge is 0.325 e. The fourth-order valence-electron chi connectivity index (χ4n) is 3.40. The summed E-state index contributed by atoms with van der Waals surface area (Å²) in [6, 6.07) is 18.0. The van der Waals surface area contributed by atoms with Crippen LogP contribution in [0.2, 0.25) is 0 Å². The quantitative estimate of drug-likeness (QED) is 0.412. The number of nitrogens with zero attached hydrogens (tertiary/aromatic N) is 5. The number of rotatable bonds is 9. The highest BCUT2D eigenvalue weighted by molar-refractivity contribution is 5.69. The number of pyridine rings is 2. The van der Waals surface area contributed by atoms with Gasteiger partial charge in [0.2, 0.25) is 12.7 Å². The number of anilines is 2. The maximum atomic E-state index is 6.06. The zero-order chi connectivity index (χ0) is 22.3. The van der Waals surface area contributed by atoms with Crippen molar-refractivity contribution in [1.29, 1.82) is 0 Å². The van der Waals surface area contributed by atoms with Gasteiger partial charge in [0.1, 0.15) is 12.1 Å². The molecule has 5 rings (SSSR count). The molecule has 0 spiro atoms. The van der Waals surface area contributed by atoms with E-state index >= 15 is 0 Å². The third kappa shape index (κ3) is 4.93. The summed E-state index contributed by atoms with van der Waals surface area (Å²) in [7, 11) is 0. The topological polar surface area (TPSA) is 98.4 Å². The van der Waals surface area contributed by atoms with Gasteiger partial charge in [-0.3, -0.25) is 9.88 Å². The lowest BCUT2D eigenvalue weighted by Crippen LogP contribution is -2.22. The van der Waals surface area contributed by atoms with Crippen LogP contribution < -0.4 is 10.2 Å². The van der Waals surface area contributed by atoms with E-state index in [-0.39, 0.29) is 6.79 Å². The maximum Gasteiger partial charge on any atom is 0.325 e. The van der Waals surface area contributed by atoms with Gasteiger partial charge in [0.25, 0.3) is 5.89 Å². The number of nitrogens with one attached hydrogen (secondary N) is 1. The van der Waals surface area contributed by atoms with Gasteiger partial charge in [-0.2, -0.15) is 0 Å². The molecule has 3 aromatic heterocycles. The van der Waals surface area contributed by atoms with Gasteiger partial charge in [0.15, 0.2) is 0 Å². The summed E-state index contributed by atoms with van der Waals surface area (Å²) in [5.41, 5.74) is 2.93. The zero-order valence-electron chi connectivity index (χ0n) is 17.8. The van der Waals surface area contributed by atoms with Crippen molar-refractivity contribution in [2.45, 2.75) is 13.0 Å². The van der Waals surface area contributed by atoms with Gasteiger partial charge in [-0.25, -0.2) is 4.98 Å². The Hall–Kier alpha value is -4.40. The van der Waals surface area contributed by atoms with Crippen molar-refractivity contribution in [1.82, 2.24) is 20.2 Å². The Morgan fingerprint density at radius 1 is 0.939 bits per heavy atom. The van der Waals surface area contributed by atoms with Crippen molar-refractivity contribution in [3.05, 3.63) is 96.5 Å².